The maximum Gasteiger partial charge on any atom is 0.258 e. The molecule has 2 saturated heterocycles. The van der Waals surface area contributed by atoms with Crippen molar-refractivity contribution in [2.75, 3.05) is 68.7 Å². The molecule has 4 heterocycles. The van der Waals surface area contributed by atoms with E-state index >= 15 is 4.39 Å². The predicted octanol–water partition coefficient (Wildman–Crippen LogP) is 3.18. The van der Waals surface area contributed by atoms with Crippen LogP contribution in [0, 0.1) is 17.1 Å². The van der Waals surface area contributed by atoms with Crippen LogP contribution in [0.25, 0.3) is 11.1 Å². The van der Waals surface area contributed by atoms with Crippen LogP contribution >= 0.6 is 0 Å². The average Bonchev–Trinajstić information content (AvgIpc) is 3.00. The molecule has 0 saturated carbocycles. The highest BCUT2D eigenvalue weighted by atomic mass is 19.1. The van der Waals surface area contributed by atoms with E-state index in [0.29, 0.717) is 62.3 Å². The third-order valence-electron chi connectivity index (χ3n) is 7.73. The summed E-state index contributed by atoms with van der Waals surface area (Å²) in [7, 11) is 3.50. The molecule has 0 unspecified atom stereocenters. The number of halogens is 1. The zero-order valence-corrected chi connectivity index (χ0v) is 23.6. The van der Waals surface area contributed by atoms with E-state index in [4.69, 9.17) is 9.47 Å². The van der Waals surface area contributed by atoms with Gasteiger partial charge in [-0.05, 0) is 33.0 Å². The molecule has 0 radical (unpaired) electrons. The maximum absolute atomic E-state index is 15.8. The summed E-state index contributed by atoms with van der Waals surface area (Å²) in [6.07, 6.45) is 4.47. The van der Waals surface area contributed by atoms with Gasteiger partial charge < -0.3 is 24.6 Å². The van der Waals surface area contributed by atoms with E-state index < -0.39 is 11.7 Å². The lowest BCUT2D eigenvalue weighted by atomic mass is 10.0. The number of piperazine rings is 1. The van der Waals surface area contributed by atoms with Gasteiger partial charge in [-0.3, -0.25) is 9.69 Å². The van der Waals surface area contributed by atoms with Crippen molar-refractivity contribution in [3.05, 3.63) is 53.7 Å². The summed E-state index contributed by atoms with van der Waals surface area (Å²) in [6.45, 7) is 8.09. The number of hydrogen-bond donors (Lipinski definition) is 1. The van der Waals surface area contributed by atoms with Crippen molar-refractivity contribution in [1.82, 2.24) is 19.9 Å². The van der Waals surface area contributed by atoms with Crippen molar-refractivity contribution in [3.8, 4) is 23.1 Å². The van der Waals surface area contributed by atoms with Gasteiger partial charge in [0, 0.05) is 74.0 Å². The Kier molecular flexibility index (Phi) is 8.28. The normalized spacial score (nSPS) is 19.5. The van der Waals surface area contributed by atoms with Crippen LogP contribution in [0.2, 0.25) is 0 Å². The molecule has 5 rings (SSSR count). The zero-order chi connectivity index (χ0) is 29.1. The smallest absolute Gasteiger partial charge is 0.258 e. The van der Waals surface area contributed by atoms with Gasteiger partial charge in [0.05, 0.1) is 42.8 Å². The highest BCUT2D eigenvalue weighted by Crippen LogP contribution is 2.36. The van der Waals surface area contributed by atoms with Gasteiger partial charge in [-0.25, -0.2) is 19.3 Å². The van der Waals surface area contributed by atoms with Gasteiger partial charge in [-0.15, -0.1) is 0 Å². The van der Waals surface area contributed by atoms with Crippen LogP contribution < -0.4 is 19.9 Å². The molecule has 2 aliphatic rings. The summed E-state index contributed by atoms with van der Waals surface area (Å²) in [5.41, 5.74) is 1.90. The second-order valence-electron chi connectivity index (χ2n) is 10.3. The van der Waals surface area contributed by atoms with E-state index in [1.54, 1.807) is 18.5 Å². The third-order valence-corrected chi connectivity index (χ3v) is 7.73. The number of ether oxygens (including phenoxy) is 2. The summed E-state index contributed by atoms with van der Waals surface area (Å²) >= 11 is 0. The van der Waals surface area contributed by atoms with Crippen LogP contribution in [0.5, 0.6) is 5.88 Å². The number of amides is 1. The van der Waals surface area contributed by atoms with Crippen LogP contribution in [0.1, 0.15) is 29.8 Å². The first-order chi connectivity index (χ1) is 19.8. The Bertz CT molecular complexity index is 1440. The fourth-order valence-electron chi connectivity index (χ4n) is 5.14. The molecule has 2 aromatic heterocycles. The molecule has 3 aromatic rings. The SMILES string of the molecule is COc1cc(C#N)c(C(=O)Nc2cc(-c3cnc(N4CCOCC4)nc3)c(F)cc2N2C[C@@H](C)N(C)[C@@H](C)C2)cn1. The Morgan fingerprint density at radius 2 is 1.76 bits per heavy atom. The fourth-order valence-corrected chi connectivity index (χ4v) is 5.14. The summed E-state index contributed by atoms with van der Waals surface area (Å²) < 4.78 is 26.3. The number of rotatable bonds is 6. The lowest BCUT2D eigenvalue weighted by Crippen LogP contribution is -2.55. The minimum absolute atomic E-state index is 0.0865. The van der Waals surface area contributed by atoms with Crippen LogP contribution in [0.15, 0.2) is 36.8 Å². The number of hydrogen-bond acceptors (Lipinski definition) is 10. The Morgan fingerprint density at radius 3 is 2.39 bits per heavy atom. The van der Waals surface area contributed by atoms with Crippen molar-refractivity contribution in [2.24, 2.45) is 0 Å². The molecule has 12 heteroatoms. The number of carbonyl (C=O) groups excluding carboxylic acids is 1. The first kappa shape index (κ1) is 28.2. The number of benzene rings is 1. The Balaban J connectivity index is 1.52. The summed E-state index contributed by atoms with van der Waals surface area (Å²) in [6, 6.07) is 6.90. The van der Waals surface area contributed by atoms with E-state index in [1.165, 1.54) is 25.4 Å². The standard InChI is InChI=1S/C29H33FN8O3/c1-18-16-38(17-19(2)36(18)3)26-11-24(30)22(21-13-33-29(34-14-21)37-5-7-41-8-6-37)10-25(26)35-28(39)23-15-32-27(40-4)9-20(23)12-31/h9-11,13-15,18-19H,5-8,16-17H2,1-4H3,(H,35,39)/t18-,19+. The van der Waals surface area contributed by atoms with E-state index in [0.717, 1.165) is 0 Å². The summed E-state index contributed by atoms with van der Waals surface area (Å²) in [5, 5.41) is 12.6. The number of nitriles is 1. The molecular weight excluding hydrogens is 527 g/mol. The van der Waals surface area contributed by atoms with E-state index in [9.17, 15) is 10.1 Å². The second-order valence-corrected chi connectivity index (χ2v) is 10.3. The van der Waals surface area contributed by atoms with Gasteiger partial charge in [-0.1, -0.05) is 0 Å². The van der Waals surface area contributed by atoms with Crippen LogP contribution in [-0.2, 0) is 4.74 Å². The van der Waals surface area contributed by atoms with Crippen LogP contribution in [0.3, 0.4) is 0 Å². The molecule has 1 aromatic carbocycles. The molecule has 11 nitrogen and oxygen atoms in total. The summed E-state index contributed by atoms with van der Waals surface area (Å²) in [5.74, 6) is -0.212. The van der Waals surface area contributed by atoms with Crippen molar-refractivity contribution < 1.29 is 18.7 Å². The lowest BCUT2D eigenvalue weighted by Gasteiger charge is -2.44. The lowest BCUT2D eigenvalue weighted by molar-refractivity contribution is 0.102. The zero-order valence-electron chi connectivity index (χ0n) is 23.6. The van der Waals surface area contributed by atoms with Gasteiger partial charge in [0.2, 0.25) is 11.8 Å². The minimum atomic E-state index is -0.537. The van der Waals surface area contributed by atoms with Gasteiger partial charge in [-0.2, -0.15) is 5.26 Å². The van der Waals surface area contributed by atoms with Crippen molar-refractivity contribution in [3.63, 3.8) is 0 Å². The number of anilines is 3. The number of methoxy groups -OCH3 is 1. The number of carbonyl (C=O) groups is 1. The number of nitrogens with zero attached hydrogens (tertiary/aromatic N) is 7. The van der Waals surface area contributed by atoms with Gasteiger partial charge >= 0.3 is 0 Å². The van der Waals surface area contributed by atoms with Crippen molar-refractivity contribution >= 4 is 23.2 Å². The first-order valence-electron chi connectivity index (χ1n) is 13.5. The molecule has 2 atom stereocenters. The third kappa shape index (κ3) is 5.91. The number of aromatic nitrogens is 3. The maximum atomic E-state index is 15.8. The Labute approximate surface area is 238 Å². The number of morpholine rings is 1. The first-order valence-corrected chi connectivity index (χ1v) is 13.5. The van der Waals surface area contributed by atoms with E-state index in [2.05, 4.69) is 51.0 Å². The van der Waals surface area contributed by atoms with Crippen LogP contribution in [-0.4, -0.2) is 91.4 Å². The topological polar surface area (TPSA) is 120 Å². The van der Waals surface area contributed by atoms with Crippen LogP contribution in [0.4, 0.5) is 21.7 Å². The molecule has 2 fully saturated rings. The number of pyridine rings is 1. The second kappa shape index (κ2) is 12.0. The molecule has 41 heavy (non-hydrogen) atoms. The van der Waals surface area contributed by atoms with Gasteiger partial charge in [0.1, 0.15) is 11.9 Å². The number of likely N-dealkylation sites (N-methyl/N-ethyl adjacent to an activating group) is 1. The monoisotopic (exact) mass is 560 g/mol. The molecule has 0 aliphatic carbocycles. The molecule has 0 spiro atoms. The van der Waals surface area contributed by atoms with Crippen molar-refractivity contribution in [1.29, 1.82) is 5.26 Å². The minimum Gasteiger partial charge on any atom is -0.481 e. The van der Waals surface area contributed by atoms with E-state index in [-0.39, 0.29) is 34.7 Å². The molecule has 1 amide bonds. The number of nitrogens with one attached hydrogen (secondary N) is 1. The highest BCUT2D eigenvalue weighted by molar-refractivity contribution is 6.07. The Hall–Kier alpha value is -4.34. The molecule has 2 aliphatic heterocycles. The Morgan fingerprint density at radius 1 is 1.07 bits per heavy atom. The highest BCUT2D eigenvalue weighted by Gasteiger charge is 2.29. The quantitative estimate of drug-likeness (QED) is 0.481. The fraction of sp³-hybridized carbons (Fsp3) is 0.414. The predicted molar refractivity (Wildman–Crippen MR) is 153 cm³/mol. The van der Waals surface area contributed by atoms with Gasteiger partial charge in [0.25, 0.3) is 5.91 Å². The largest absolute Gasteiger partial charge is 0.481 e. The molecule has 0 bridgehead atoms. The average molecular weight is 561 g/mol. The molecule has 1 N–H and O–H groups in total. The van der Waals surface area contributed by atoms with Gasteiger partial charge in [0.15, 0.2) is 0 Å². The van der Waals surface area contributed by atoms with E-state index in [1.807, 2.05) is 11.0 Å². The molecule has 214 valence electrons. The molecular formula is C29H33FN8O3. The van der Waals surface area contributed by atoms with Crippen molar-refractivity contribution in [2.45, 2.75) is 25.9 Å². The summed E-state index contributed by atoms with van der Waals surface area (Å²) in [4.78, 5) is 32.9.